The van der Waals surface area contributed by atoms with Crippen molar-refractivity contribution in [3.8, 4) is 6.07 Å². The summed E-state index contributed by atoms with van der Waals surface area (Å²) in [7, 11) is 1.56. The lowest BCUT2D eigenvalue weighted by Gasteiger charge is -2.18. The number of carbonyl (C=O) groups excluding carboxylic acids is 1. The number of fused-ring (bicyclic) bond motifs is 1. The molecule has 0 bridgehead atoms. The van der Waals surface area contributed by atoms with Gasteiger partial charge in [0.25, 0.3) is 0 Å². The summed E-state index contributed by atoms with van der Waals surface area (Å²) in [4.78, 5) is 15.6. The zero-order valence-electron chi connectivity index (χ0n) is 12.6. The molecule has 0 saturated heterocycles. The molecule has 3 rings (SSSR count). The van der Waals surface area contributed by atoms with Crippen LogP contribution >= 0.6 is 0 Å². The largest absolute Gasteiger partial charge is 0.364 e. The van der Waals surface area contributed by atoms with Gasteiger partial charge >= 0.3 is 0 Å². The Hall–Kier alpha value is -2.32. The van der Waals surface area contributed by atoms with Crippen molar-refractivity contribution < 1.29 is 9.53 Å². The minimum absolute atomic E-state index is 0.0279. The zero-order valence-corrected chi connectivity index (χ0v) is 12.6. The quantitative estimate of drug-likeness (QED) is 0.852. The number of hydrogen-bond donors (Lipinski definition) is 2. The Kier molecular flexibility index (Phi) is 4.12. The van der Waals surface area contributed by atoms with Gasteiger partial charge in [0.1, 0.15) is 6.73 Å². The molecule has 2 N–H and O–H groups in total. The van der Waals surface area contributed by atoms with Crippen LogP contribution in [0.5, 0.6) is 0 Å². The second-order valence-electron chi connectivity index (χ2n) is 5.73. The van der Waals surface area contributed by atoms with Crippen LogP contribution in [0.2, 0.25) is 0 Å². The molecule has 1 aromatic heterocycles. The molecule has 1 aliphatic carbocycles. The third kappa shape index (κ3) is 2.58. The van der Waals surface area contributed by atoms with Gasteiger partial charge in [0.2, 0.25) is 5.91 Å². The number of aromatic nitrogens is 1. The van der Waals surface area contributed by atoms with E-state index in [1.165, 1.54) is 0 Å². The van der Waals surface area contributed by atoms with E-state index in [0.717, 1.165) is 35.7 Å². The molecule has 114 valence electrons. The zero-order chi connectivity index (χ0) is 15.5. The van der Waals surface area contributed by atoms with E-state index in [-0.39, 0.29) is 24.5 Å². The summed E-state index contributed by atoms with van der Waals surface area (Å²) in [5.41, 5.74) is 2.80. The topological polar surface area (TPSA) is 77.9 Å². The minimum Gasteiger partial charge on any atom is -0.364 e. The van der Waals surface area contributed by atoms with Crippen LogP contribution in [0.15, 0.2) is 24.4 Å². The Labute approximate surface area is 129 Å². The fourth-order valence-electron chi connectivity index (χ4n) is 3.44. The van der Waals surface area contributed by atoms with E-state index < -0.39 is 0 Å². The van der Waals surface area contributed by atoms with Crippen molar-refractivity contribution >= 4 is 16.8 Å². The van der Waals surface area contributed by atoms with Gasteiger partial charge < -0.3 is 15.0 Å². The number of rotatable bonds is 4. The van der Waals surface area contributed by atoms with Crippen molar-refractivity contribution in [1.82, 2.24) is 10.3 Å². The summed E-state index contributed by atoms with van der Waals surface area (Å²) >= 11 is 0. The van der Waals surface area contributed by atoms with Gasteiger partial charge in [-0.05, 0) is 42.5 Å². The minimum atomic E-state index is -0.0279. The first-order valence-corrected chi connectivity index (χ1v) is 7.52. The second kappa shape index (κ2) is 6.20. The highest BCUT2D eigenvalue weighted by atomic mass is 16.5. The molecule has 5 heteroatoms. The van der Waals surface area contributed by atoms with Crippen LogP contribution < -0.4 is 5.32 Å². The number of nitrogens with zero attached hydrogens (tertiary/aromatic N) is 1. The highest BCUT2D eigenvalue weighted by Crippen LogP contribution is 2.42. The highest BCUT2D eigenvalue weighted by Gasteiger charge is 2.35. The van der Waals surface area contributed by atoms with Crippen molar-refractivity contribution in [2.45, 2.75) is 25.2 Å². The Morgan fingerprint density at radius 2 is 2.36 bits per heavy atom. The summed E-state index contributed by atoms with van der Waals surface area (Å²) in [5, 5.41) is 13.0. The third-order valence-electron chi connectivity index (χ3n) is 4.49. The van der Waals surface area contributed by atoms with Crippen molar-refractivity contribution in [2.75, 3.05) is 13.8 Å². The van der Waals surface area contributed by atoms with E-state index >= 15 is 0 Å². The van der Waals surface area contributed by atoms with Crippen molar-refractivity contribution in [3.05, 3.63) is 35.5 Å². The maximum absolute atomic E-state index is 12.3. The van der Waals surface area contributed by atoms with Gasteiger partial charge in [-0.25, -0.2) is 0 Å². The summed E-state index contributed by atoms with van der Waals surface area (Å²) in [6.07, 6.45) is 4.92. The second-order valence-corrected chi connectivity index (χ2v) is 5.73. The van der Waals surface area contributed by atoms with Crippen LogP contribution in [-0.4, -0.2) is 24.7 Å². The number of amides is 1. The monoisotopic (exact) mass is 297 g/mol. The average Bonchev–Trinajstić information content (AvgIpc) is 3.17. The Morgan fingerprint density at radius 3 is 3.14 bits per heavy atom. The number of aromatic amines is 1. The summed E-state index contributed by atoms with van der Waals surface area (Å²) in [6, 6.07) is 7.81. The number of nitrogens with one attached hydrogen (secondary N) is 2. The fraction of sp³-hybridized carbons (Fsp3) is 0.412. The van der Waals surface area contributed by atoms with Crippen LogP contribution in [0, 0.1) is 17.2 Å². The van der Waals surface area contributed by atoms with Gasteiger partial charge in [-0.3, -0.25) is 4.79 Å². The molecule has 1 amide bonds. The average molecular weight is 297 g/mol. The van der Waals surface area contributed by atoms with Crippen LogP contribution in [0.1, 0.15) is 36.3 Å². The molecule has 0 aliphatic heterocycles. The first-order valence-electron chi connectivity index (χ1n) is 7.52. The van der Waals surface area contributed by atoms with Crippen molar-refractivity contribution in [3.63, 3.8) is 0 Å². The molecule has 0 radical (unpaired) electrons. The van der Waals surface area contributed by atoms with E-state index in [4.69, 9.17) is 10.00 Å². The summed E-state index contributed by atoms with van der Waals surface area (Å²) < 4.78 is 4.92. The number of hydrogen-bond acceptors (Lipinski definition) is 3. The Morgan fingerprint density at radius 1 is 1.50 bits per heavy atom. The lowest BCUT2D eigenvalue weighted by atomic mass is 9.88. The van der Waals surface area contributed by atoms with Crippen molar-refractivity contribution in [1.29, 1.82) is 5.26 Å². The molecule has 22 heavy (non-hydrogen) atoms. The van der Waals surface area contributed by atoms with Crippen LogP contribution in [0.4, 0.5) is 0 Å². The standard InChI is InChI=1S/C17H19N3O2/c1-22-10-20-17(21)13-4-2-3-12(13)15-9-19-16-6-5-11(8-18)7-14(15)16/h5-7,9,12-13,19H,2-4,10H2,1H3,(H,20,21)/t12-,13-/m0/s1. The van der Waals surface area contributed by atoms with Crippen LogP contribution in [0.25, 0.3) is 10.9 Å². The number of methoxy groups -OCH3 is 1. The SMILES string of the molecule is COCNC(=O)[C@H]1CCC[C@@H]1c1c[nH]c2ccc(C#N)cc12. The lowest BCUT2D eigenvalue weighted by molar-refractivity contribution is -0.126. The van der Waals surface area contributed by atoms with Gasteiger partial charge in [-0.2, -0.15) is 5.26 Å². The third-order valence-corrected chi connectivity index (χ3v) is 4.49. The maximum atomic E-state index is 12.3. The molecule has 1 heterocycles. The van der Waals surface area contributed by atoms with Gasteiger partial charge in [0, 0.05) is 30.1 Å². The molecule has 0 spiro atoms. The van der Waals surface area contributed by atoms with E-state index in [2.05, 4.69) is 16.4 Å². The van der Waals surface area contributed by atoms with Crippen LogP contribution in [-0.2, 0) is 9.53 Å². The van der Waals surface area contributed by atoms with Gasteiger partial charge in [0.05, 0.1) is 11.6 Å². The number of ether oxygens (including phenoxy) is 1. The van der Waals surface area contributed by atoms with Crippen LogP contribution in [0.3, 0.4) is 0 Å². The van der Waals surface area contributed by atoms with Crippen molar-refractivity contribution in [2.24, 2.45) is 5.92 Å². The number of H-pyrrole nitrogens is 1. The van der Waals surface area contributed by atoms with E-state index in [1.807, 2.05) is 18.3 Å². The number of nitriles is 1. The molecule has 0 unspecified atom stereocenters. The molecule has 1 fully saturated rings. The molecule has 1 aliphatic rings. The first kappa shape index (κ1) is 14.6. The molecule has 2 atom stereocenters. The number of carbonyl (C=O) groups is 1. The highest BCUT2D eigenvalue weighted by molar-refractivity contribution is 5.87. The first-order chi connectivity index (χ1) is 10.7. The van der Waals surface area contributed by atoms with Gasteiger partial charge in [0.15, 0.2) is 0 Å². The Bertz CT molecular complexity index is 729. The molecular formula is C17H19N3O2. The maximum Gasteiger partial charge on any atom is 0.225 e. The fourth-order valence-corrected chi connectivity index (χ4v) is 3.44. The molecule has 1 aromatic carbocycles. The molecule has 1 saturated carbocycles. The van der Waals surface area contributed by atoms with E-state index in [1.54, 1.807) is 13.2 Å². The molecular weight excluding hydrogens is 278 g/mol. The summed E-state index contributed by atoms with van der Waals surface area (Å²) in [6.45, 7) is 0.245. The normalized spacial score (nSPS) is 20.9. The predicted octanol–water partition coefficient (Wildman–Crippen LogP) is 2.64. The van der Waals surface area contributed by atoms with E-state index in [9.17, 15) is 4.79 Å². The van der Waals surface area contributed by atoms with E-state index in [0.29, 0.717) is 5.56 Å². The summed E-state index contributed by atoms with van der Waals surface area (Å²) in [5.74, 6) is 0.217. The van der Waals surface area contributed by atoms with Gasteiger partial charge in [-0.1, -0.05) is 6.42 Å². The predicted molar refractivity (Wildman–Crippen MR) is 83.1 cm³/mol. The molecule has 5 nitrogen and oxygen atoms in total. The smallest absolute Gasteiger partial charge is 0.225 e. The number of benzene rings is 1. The molecule has 2 aromatic rings. The lowest BCUT2D eigenvalue weighted by Crippen LogP contribution is -2.33. The van der Waals surface area contributed by atoms with Gasteiger partial charge in [-0.15, -0.1) is 0 Å². The Balaban J connectivity index is 1.92.